The molecule has 150 valence electrons. The van der Waals surface area contributed by atoms with Crippen molar-refractivity contribution in [2.75, 3.05) is 32.1 Å². The Morgan fingerprint density at radius 1 is 1.26 bits per heavy atom. The van der Waals surface area contributed by atoms with Crippen LogP contribution in [-0.4, -0.2) is 77.4 Å². The molecule has 1 amide bonds. The number of hydrogen-bond donors (Lipinski definition) is 1. The van der Waals surface area contributed by atoms with Crippen molar-refractivity contribution in [1.82, 2.24) is 14.9 Å². The van der Waals surface area contributed by atoms with E-state index in [1.807, 2.05) is 4.90 Å². The Kier molecular flexibility index (Phi) is 6.19. The van der Waals surface area contributed by atoms with Crippen molar-refractivity contribution >= 4 is 17.8 Å². The highest BCUT2D eigenvalue weighted by molar-refractivity contribution is 5.79. The molecular weight excluding hydrogens is 376 g/mol. The van der Waals surface area contributed by atoms with Crippen LogP contribution in [0.3, 0.4) is 0 Å². The fourth-order valence-corrected chi connectivity index (χ4v) is 2.88. The van der Waals surface area contributed by atoms with Gasteiger partial charge in [0.1, 0.15) is 0 Å². The van der Waals surface area contributed by atoms with Crippen molar-refractivity contribution in [3.05, 3.63) is 18.2 Å². The SMILES string of the molecule is CN(C)C(=O)C1CC2CN(c3ncc(F)cn3)CC1O2.O=C(O)C(F)(F)F. The quantitative estimate of drug-likeness (QED) is 0.746. The van der Waals surface area contributed by atoms with Crippen molar-refractivity contribution in [3.8, 4) is 0 Å². The third-order valence-corrected chi connectivity index (χ3v) is 4.05. The summed E-state index contributed by atoms with van der Waals surface area (Å²) in [5.74, 6) is -2.74. The Balaban J connectivity index is 0.000000321. The number of aliphatic carboxylic acids is 1. The summed E-state index contributed by atoms with van der Waals surface area (Å²) in [5, 5.41) is 7.12. The molecule has 3 atom stereocenters. The van der Waals surface area contributed by atoms with Gasteiger partial charge in [-0.25, -0.2) is 19.2 Å². The Morgan fingerprint density at radius 3 is 2.30 bits per heavy atom. The van der Waals surface area contributed by atoms with E-state index in [9.17, 15) is 22.4 Å². The number of ether oxygens (including phenoxy) is 1. The van der Waals surface area contributed by atoms with Crippen LogP contribution in [0, 0.1) is 11.7 Å². The smallest absolute Gasteiger partial charge is 0.475 e. The highest BCUT2D eigenvalue weighted by Crippen LogP contribution is 2.33. The van der Waals surface area contributed by atoms with Gasteiger partial charge in [0.2, 0.25) is 11.9 Å². The van der Waals surface area contributed by atoms with Crippen molar-refractivity contribution in [2.45, 2.75) is 24.8 Å². The number of carboxylic acids is 1. The van der Waals surface area contributed by atoms with Crippen molar-refractivity contribution < 1.29 is 37.0 Å². The summed E-state index contributed by atoms with van der Waals surface area (Å²) >= 11 is 0. The average Bonchev–Trinajstić information content (AvgIpc) is 2.88. The molecule has 0 aromatic carbocycles. The van der Waals surface area contributed by atoms with Gasteiger partial charge in [0.05, 0.1) is 30.5 Å². The minimum atomic E-state index is -5.08. The third-order valence-electron chi connectivity index (χ3n) is 4.05. The van der Waals surface area contributed by atoms with Gasteiger partial charge in [-0.2, -0.15) is 13.2 Å². The van der Waals surface area contributed by atoms with Crippen LogP contribution >= 0.6 is 0 Å². The monoisotopic (exact) mass is 394 g/mol. The van der Waals surface area contributed by atoms with Gasteiger partial charge in [0, 0.05) is 27.2 Å². The second kappa shape index (κ2) is 8.03. The summed E-state index contributed by atoms with van der Waals surface area (Å²) in [7, 11) is 3.51. The fraction of sp³-hybridized carbons (Fsp3) is 0.600. The van der Waals surface area contributed by atoms with E-state index in [-0.39, 0.29) is 24.0 Å². The summed E-state index contributed by atoms with van der Waals surface area (Å²) < 4.78 is 50.4. The zero-order valence-electron chi connectivity index (χ0n) is 14.5. The van der Waals surface area contributed by atoms with E-state index in [2.05, 4.69) is 9.97 Å². The van der Waals surface area contributed by atoms with Gasteiger partial charge in [-0.1, -0.05) is 0 Å². The first kappa shape index (κ1) is 20.8. The number of amides is 1. The number of hydrogen-bond acceptors (Lipinski definition) is 6. The number of rotatable bonds is 2. The number of fused-ring (bicyclic) bond motifs is 2. The number of aromatic nitrogens is 2. The van der Waals surface area contributed by atoms with E-state index in [0.29, 0.717) is 19.0 Å². The lowest BCUT2D eigenvalue weighted by molar-refractivity contribution is -0.192. The summed E-state index contributed by atoms with van der Waals surface area (Å²) in [4.78, 5) is 32.6. The van der Waals surface area contributed by atoms with Crippen molar-refractivity contribution in [2.24, 2.45) is 5.92 Å². The zero-order valence-corrected chi connectivity index (χ0v) is 14.5. The Morgan fingerprint density at radius 2 is 1.81 bits per heavy atom. The Bertz CT molecular complexity index is 683. The normalized spacial score (nSPS) is 24.1. The first-order chi connectivity index (χ1) is 12.5. The van der Waals surface area contributed by atoms with E-state index < -0.39 is 18.0 Å². The summed E-state index contributed by atoms with van der Waals surface area (Å²) in [5.41, 5.74) is 0. The molecule has 0 saturated carbocycles. The number of alkyl halides is 3. The lowest BCUT2D eigenvalue weighted by Crippen LogP contribution is -2.46. The second-order valence-corrected chi connectivity index (χ2v) is 6.28. The van der Waals surface area contributed by atoms with Crippen LogP contribution in [0.1, 0.15) is 6.42 Å². The molecule has 8 nitrogen and oxygen atoms in total. The first-order valence-corrected chi connectivity index (χ1v) is 7.88. The van der Waals surface area contributed by atoms with Gasteiger partial charge in [-0.15, -0.1) is 0 Å². The molecule has 1 aromatic rings. The fourth-order valence-electron chi connectivity index (χ4n) is 2.88. The van der Waals surface area contributed by atoms with Gasteiger partial charge >= 0.3 is 12.1 Å². The topological polar surface area (TPSA) is 95.9 Å². The molecular formula is C15H18F4N4O4. The van der Waals surface area contributed by atoms with E-state index in [0.717, 1.165) is 18.8 Å². The maximum absolute atomic E-state index is 12.9. The molecule has 0 aliphatic carbocycles. The molecule has 2 aliphatic heterocycles. The van der Waals surface area contributed by atoms with Crippen LogP contribution in [0.5, 0.6) is 0 Å². The van der Waals surface area contributed by atoms with Gasteiger partial charge < -0.3 is 19.6 Å². The maximum atomic E-state index is 12.9. The largest absolute Gasteiger partial charge is 0.490 e. The minimum absolute atomic E-state index is 0.0105. The lowest BCUT2D eigenvalue weighted by Gasteiger charge is -2.32. The number of carboxylic acid groups (broad SMARTS) is 1. The summed E-state index contributed by atoms with van der Waals surface area (Å²) in [6.45, 7) is 1.20. The van der Waals surface area contributed by atoms with Gasteiger partial charge in [-0.05, 0) is 6.42 Å². The van der Waals surface area contributed by atoms with E-state index in [1.54, 1.807) is 19.0 Å². The lowest BCUT2D eigenvalue weighted by atomic mass is 9.99. The van der Waals surface area contributed by atoms with Crippen LogP contribution in [0.15, 0.2) is 12.4 Å². The second-order valence-electron chi connectivity index (χ2n) is 6.28. The molecule has 27 heavy (non-hydrogen) atoms. The predicted molar refractivity (Wildman–Crippen MR) is 83.4 cm³/mol. The molecule has 2 aliphatic rings. The van der Waals surface area contributed by atoms with E-state index >= 15 is 0 Å². The molecule has 3 rings (SSSR count). The Hall–Kier alpha value is -2.50. The molecule has 1 aromatic heterocycles. The number of carbonyl (C=O) groups excluding carboxylic acids is 1. The maximum Gasteiger partial charge on any atom is 0.490 e. The highest BCUT2D eigenvalue weighted by atomic mass is 19.4. The van der Waals surface area contributed by atoms with Crippen LogP contribution in [0.4, 0.5) is 23.5 Å². The van der Waals surface area contributed by atoms with Gasteiger partial charge in [0.25, 0.3) is 0 Å². The van der Waals surface area contributed by atoms with E-state index in [1.165, 1.54) is 0 Å². The molecule has 2 saturated heterocycles. The molecule has 0 spiro atoms. The van der Waals surface area contributed by atoms with Gasteiger partial charge in [0.15, 0.2) is 5.82 Å². The number of morpholine rings is 1. The number of carbonyl (C=O) groups is 2. The molecule has 0 radical (unpaired) electrons. The number of nitrogens with zero attached hydrogens (tertiary/aromatic N) is 4. The van der Waals surface area contributed by atoms with E-state index in [4.69, 9.17) is 14.6 Å². The van der Waals surface area contributed by atoms with Crippen molar-refractivity contribution in [3.63, 3.8) is 0 Å². The molecule has 3 heterocycles. The number of halogens is 4. The summed E-state index contributed by atoms with van der Waals surface area (Å²) in [6.07, 6.45) is -2.18. The molecule has 3 unspecified atom stereocenters. The Labute approximate surface area is 151 Å². The predicted octanol–water partition coefficient (Wildman–Crippen LogP) is 0.931. The third kappa shape index (κ3) is 5.25. The first-order valence-electron chi connectivity index (χ1n) is 7.88. The van der Waals surface area contributed by atoms with Crippen molar-refractivity contribution in [1.29, 1.82) is 0 Å². The van der Waals surface area contributed by atoms with Crippen LogP contribution in [0.25, 0.3) is 0 Å². The van der Waals surface area contributed by atoms with Crippen LogP contribution in [-0.2, 0) is 14.3 Å². The minimum Gasteiger partial charge on any atom is -0.475 e. The van der Waals surface area contributed by atoms with Crippen LogP contribution < -0.4 is 4.90 Å². The molecule has 2 bridgehead atoms. The van der Waals surface area contributed by atoms with Crippen LogP contribution in [0.2, 0.25) is 0 Å². The van der Waals surface area contributed by atoms with Gasteiger partial charge in [-0.3, -0.25) is 4.79 Å². The molecule has 1 N–H and O–H groups in total. The molecule has 12 heteroatoms. The average molecular weight is 394 g/mol. The highest BCUT2D eigenvalue weighted by Gasteiger charge is 2.45. The standard InChI is InChI=1S/C13H17FN4O2.C2HF3O2/c1-17(2)12(19)10-3-9-6-18(7-11(10)20-9)13-15-4-8(14)5-16-13;3-2(4,5)1(6)7/h4-5,9-11H,3,6-7H2,1-2H3;(H,6,7). The molecule has 2 fully saturated rings. The zero-order chi connectivity index (χ0) is 20.4. The number of anilines is 1. The summed E-state index contributed by atoms with van der Waals surface area (Å²) in [6, 6.07) is 0.